The van der Waals surface area contributed by atoms with Gasteiger partial charge in [0, 0.05) is 34.3 Å². The van der Waals surface area contributed by atoms with Gasteiger partial charge in [-0.1, -0.05) is 64.1 Å². The van der Waals surface area contributed by atoms with Crippen molar-refractivity contribution in [1.29, 1.82) is 0 Å². The molecule has 13 atom stereocenters. The van der Waals surface area contributed by atoms with Crippen LogP contribution in [0.4, 0.5) is 4.79 Å². The summed E-state index contributed by atoms with van der Waals surface area (Å²) in [5.41, 5.74) is -0.345. The molecule has 7 rings (SSSR count). The Morgan fingerprint density at radius 3 is 2.08 bits per heavy atom. The van der Waals surface area contributed by atoms with E-state index in [2.05, 4.69) is 5.43 Å². The first-order valence-corrected chi connectivity index (χ1v) is 24.2. The lowest BCUT2D eigenvalue weighted by Gasteiger charge is -2.47. The van der Waals surface area contributed by atoms with Crippen molar-refractivity contribution in [3.05, 3.63) is 70.4 Å². The van der Waals surface area contributed by atoms with Crippen molar-refractivity contribution < 1.29 is 57.2 Å². The van der Waals surface area contributed by atoms with E-state index in [9.17, 15) is 28.8 Å². The summed E-state index contributed by atoms with van der Waals surface area (Å²) in [6.07, 6.45) is -5.19. The zero-order chi connectivity index (χ0) is 48.0. The molecular weight excluding hydrogens is 887 g/mol. The summed E-state index contributed by atoms with van der Waals surface area (Å²) >= 11 is 2.56. The van der Waals surface area contributed by atoms with Crippen molar-refractivity contribution in [2.45, 2.75) is 129 Å². The molecule has 0 unspecified atom stereocenters. The van der Waals surface area contributed by atoms with E-state index in [1.807, 2.05) is 74.4 Å². The first-order chi connectivity index (χ1) is 31.2. The van der Waals surface area contributed by atoms with Gasteiger partial charge in [0.05, 0.1) is 28.7 Å². The third-order valence-corrected chi connectivity index (χ3v) is 16.0. The second kappa shape index (κ2) is 19.4. The number of Topliss-reactive ketones (excluding diaryl/α,β-unsaturated/α-hetero) is 2. The molecule has 2 aromatic carbocycles. The maximum absolute atomic E-state index is 15.0. The van der Waals surface area contributed by atoms with Gasteiger partial charge in [-0.05, 0) is 96.1 Å². The molecule has 0 saturated carbocycles. The van der Waals surface area contributed by atoms with Crippen molar-refractivity contribution in [3.8, 4) is 0 Å². The Balaban J connectivity index is 1.24. The molecule has 15 nitrogen and oxygen atoms in total. The molecule has 3 aliphatic rings. The first kappa shape index (κ1) is 49.1. The van der Waals surface area contributed by atoms with Crippen molar-refractivity contribution in [3.63, 3.8) is 0 Å². The van der Waals surface area contributed by atoms with Gasteiger partial charge >= 0.3 is 18.0 Å². The smallest absolute Gasteiger partial charge is 0.429 e. The van der Waals surface area contributed by atoms with Gasteiger partial charge in [0.2, 0.25) is 0 Å². The topological polar surface area (TPSA) is 176 Å². The van der Waals surface area contributed by atoms with Crippen LogP contribution in [-0.2, 0) is 42.8 Å². The number of fused-ring (bicyclic) bond motifs is 3. The molecule has 2 aromatic heterocycles. The van der Waals surface area contributed by atoms with E-state index in [-0.39, 0.29) is 30.8 Å². The molecule has 356 valence electrons. The number of hydrazine groups is 1. The number of nitrogens with zero attached hydrogens (tertiary/aromatic N) is 2. The number of ether oxygens (including phenoxy) is 6. The molecule has 5 heterocycles. The number of esters is 2. The van der Waals surface area contributed by atoms with Crippen LogP contribution in [0.25, 0.3) is 20.2 Å². The summed E-state index contributed by atoms with van der Waals surface area (Å²) in [4.78, 5) is 88.4. The summed E-state index contributed by atoms with van der Waals surface area (Å²) in [5, 5.41) is 2.79. The quantitative estimate of drug-likeness (QED) is 0.0977. The van der Waals surface area contributed by atoms with Crippen LogP contribution < -0.4 is 5.43 Å². The number of carbonyl (C=O) groups excluding carboxylic acids is 6. The minimum absolute atomic E-state index is 0.00297. The lowest BCUT2D eigenvalue weighted by Crippen LogP contribution is -2.62. The Morgan fingerprint density at radius 1 is 0.879 bits per heavy atom. The number of amides is 2. The highest BCUT2D eigenvalue weighted by atomic mass is 32.1. The summed E-state index contributed by atoms with van der Waals surface area (Å²) in [7, 11) is 5.21. The number of hydrogen-bond acceptors (Lipinski definition) is 15. The van der Waals surface area contributed by atoms with Crippen LogP contribution in [0.5, 0.6) is 0 Å². The van der Waals surface area contributed by atoms with E-state index in [1.165, 1.54) is 36.7 Å². The van der Waals surface area contributed by atoms with E-state index in [4.69, 9.17) is 28.4 Å². The van der Waals surface area contributed by atoms with Gasteiger partial charge in [-0.25, -0.2) is 14.6 Å². The van der Waals surface area contributed by atoms with Crippen LogP contribution in [0, 0.1) is 23.7 Å². The molecule has 0 radical (unpaired) electrons. The highest BCUT2D eigenvalue weighted by molar-refractivity contribution is 7.21. The molecule has 3 fully saturated rings. The highest BCUT2D eigenvalue weighted by Gasteiger charge is 2.61. The number of hydrogen-bond donors (Lipinski definition) is 1. The van der Waals surface area contributed by atoms with Crippen molar-refractivity contribution >= 4 is 78.4 Å². The lowest BCUT2D eigenvalue weighted by atomic mass is 9.73. The van der Waals surface area contributed by atoms with Crippen LogP contribution >= 0.6 is 22.7 Å². The third-order valence-electron chi connectivity index (χ3n) is 13.8. The fourth-order valence-corrected chi connectivity index (χ4v) is 12.0. The Labute approximate surface area is 393 Å². The number of benzene rings is 2. The highest BCUT2D eigenvalue weighted by Crippen LogP contribution is 2.43. The van der Waals surface area contributed by atoms with E-state index in [0.29, 0.717) is 16.2 Å². The van der Waals surface area contributed by atoms with Gasteiger partial charge in [0.25, 0.3) is 5.91 Å². The van der Waals surface area contributed by atoms with Crippen molar-refractivity contribution in [2.24, 2.45) is 23.7 Å². The largest absolute Gasteiger partial charge is 0.457 e. The molecule has 0 spiro atoms. The van der Waals surface area contributed by atoms with Gasteiger partial charge in [-0.3, -0.25) is 24.6 Å². The molecule has 3 saturated heterocycles. The molecule has 0 aliphatic carbocycles. The normalized spacial score (nSPS) is 33.6. The van der Waals surface area contributed by atoms with E-state index < -0.39 is 95.2 Å². The Bertz CT molecular complexity index is 2420. The van der Waals surface area contributed by atoms with Crippen LogP contribution in [0.15, 0.2) is 60.7 Å². The number of ketones is 2. The minimum Gasteiger partial charge on any atom is -0.457 e. The second-order valence-electron chi connectivity index (χ2n) is 18.7. The van der Waals surface area contributed by atoms with E-state index in [0.717, 1.165) is 25.2 Å². The third kappa shape index (κ3) is 9.39. The number of cyclic esters (lactones) is 1. The predicted molar refractivity (Wildman–Crippen MR) is 249 cm³/mol. The van der Waals surface area contributed by atoms with Crippen LogP contribution in [0.2, 0.25) is 0 Å². The van der Waals surface area contributed by atoms with Gasteiger partial charge in [-0.2, -0.15) is 0 Å². The molecule has 3 aliphatic heterocycles. The average Bonchev–Trinajstić information content (AvgIpc) is 4.00. The predicted octanol–water partition coefficient (Wildman–Crippen LogP) is 7.83. The number of carbonyl (C=O) groups is 6. The number of nitrogens with one attached hydrogen (secondary N) is 1. The van der Waals surface area contributed by atoms with Crippen molar-refractivity contribution in [2.75, 3.05) is 21.2 Å². The number of likely N-dealkylation sites (N-methyl/N-ethyl adjacent to an activating group) is 1. The SMILES string of the molecule is CC[C@H]1OC(=O)[C@H](C)C(=O)[C@H](C)[C@@H](O[C@@H]2O[C@H](C)C[C@H](N(C)C)[C@H]2OC(=O)c2cc3ccccc3s2)[C@](C)(OC)C[C@@H](C)C(=O)[C@H](C)[C@H]2N(NC(=O)c3cc4ccccc4s3)C(=O)O[C@]12C. The summed E-state index contributed by atoms with van der Waals surface area (Å²) in [5.74, 6) is -7.10. The Kier molecular flexibility index (Phi) is 14.5. The summed E-state index contributed by atoms with van der Waals surface area (Å²) in [6.45, 7) is 13.4. The number of methoxy groups -OCH3 is 1. The van der Waals surface area contributed by atoms with Gasteiger partial charge < -0.3 is 33.3 Å². The maximum Gasteiger partial charge on any atom is 0.429 e. The van der Waals surface area contributed by atoms with Crippen LogP contribution in [-0.4, -0.2) is 121 Å². The monoisotopic (exact) mass is 947 g/mol. The zero-order valence-electron chi connectivity index (χ0n) is 39.4. The fourth-order valence-electron chi connectivity index (χ4n) is 10.1. The van der Waals surface area contributed by atoms with Gasteiger partial charge in [-0.15, -0.1) is 22.7 Å². The zero-order valence-corrected chi connectivity index (χ0v) is 41.0. The second-order valence-corrected chi connectivity index (χ2v) is 20.8. The molecule has 0 bridgehead atoms. The molecule has 1 N–H and O–H groups in total. The van der Waals surface area contributed by atoms with E-state index in [1.54, 1.807) is 53.7 Å². The summed E-state index contributed by atoms with van der Waals surface area (Å²) < 4.78 is 40.0. The first-order valence-electron chi connectivity index (χ1n) is 22.5. The molecule has 17 heteroatoms. The Morgan fingerprint density at radius 2 is 1.48 bits per heavy atom. The summed E-state index contributed by atoms with van der Waals surface area (Å²) in [6, 6.07) is 17.1. The molecular formula is C49H61N3O12S2. The standard InChI is InChI=1S/C49H61N3O12S2/c1-12-37-49(8)41(52(47(58)64-49)50-43(55)35-22-30-17-13-15-19-33(30)65-35)27(4)38(53)25(2)24-48(7,59-11)42(28(5)39(54)29(6)44(56)61-37)63-46-40(32(51(9)10)21-26(3)60-46)62-45(57)36-23-31-18-14-16-20-34(31)66-36/h13-20,22-23,25-29,32,37,40-42,46H,12,21,24H2,1-11H3,(H,50,55)/t25-,26-,27+,28+,29-,32+,37-,40-,41-,42-,46+,48-,49-/m1/s1. The lowest BCUT2D eigenvalue weighted by molar-refractivity contribution is -0.294. The number of thiophene rings is 2. The van der Waals surface area contributed by atoms with Gasteiger partial charge in [0.15, 0.2) is 23.8 Å². The van der Waals surface area contributed by atoms with E-state index >= 15 is 0 Å². The Hall–Kier alpha value is -4.78. The molecule has 66 heavy (non-hydrogen) atoms. The maximum atomic E-state index is 15.0. The van der Waals surface area contributed by atoms with Crippen LogP contribution in [0.3, 0.4) is 0 Å². The number of rotatable bonds is 9. The van der Waals surface area contributed by atoms with Gasteiger partial charge in [0.1, 0.15) is 28.7 Å². The molecule has 4 aromatic rings. The fraction of sp³-hybridized carbons (Fsp3) is 0.551. The average molecular weight is 948 g/mol. The van der Waals surface area contributed by atoms with Crippen LogP contribution in [0.1, 0.15) is 94.0 Å². The minimum atomic E-state index is -1.65. The van der Waals surface area contributed by atoms with Crippen molar-refractivity contribution in [1.82, 2.24) is 15.3 Å². The molecule has 2 amide bonds.